The van der Waals surface area contributed by atoms with Crippen LogP contribution >= 0.6 is 21.6 Å². The molecular weight excluding hydrogens is 304 g/mol. The van der Waals surface area contributed by atoms with E-state index in [9.17, 15) is 0 Å². The third kappa shape index (κ3) is 1.74. The fraction of sp³-hybridized carbons (Fsp3) is 0. The monoisotopic (exact) mass is 316 g/mol. The molecular formula is C20H12S2. The molecule has 0 N–H and O–H groups in total. The Morgan fingerprint density at radius 3 is 1.41 bits per heavy atom. The standard InChI is InChI=1S/C20H12S2/c1-3-7-15-13(5-1)9-11-17-18-12-10-14-6-2-4-8-16(14)20(18)22-21-19(15)17/h1-12H. The minimum atomic E-state index is 1.32. The summed E-state index contributed by atoms with van der Waals surface area (Å²) in [7, 11) is 3.78. The predicted octanol–water partition coefficient (Wildman–Crippen LogP) is 6.77. The van der Waals surface area contributed by atoms with E-state index in [-0.39, 0.29) is 0 Å². The van der Waals surface area contributed by atoms with Crippen LogP contribution in [0.2, 0.25) is 0 Å². The fourth-order valence-corrected chi connectivity index (χ4v) is 6.00. The third-order valence-corrected chi connectivity index (χ3v) is 6.80. The molecule has 0 radical (unpaired) electrons. The Labute approximate surface area is 136 Å². The summed E-state index contributed by atoms with van der Waals surface area (Å²) in [6.07, 6.45) is 0. The Morgan fingerprint density at radius 2 is 0.909 bits per heavy atom. The molecule has 104 valence electrons. The molecule has 4 aromatic rings. The van der Waals surface area contributed by atoms with Crippen molar-refractivity contribution in [1.82, 2.24) is 0 Å². The molecule has 0 aromatic heterocycles. The Hall–Kier alpha value is -1.90. The molecule has 0 saturated heterocycles. The van der Waals surface area contributed by atoms with Crippen molar-refractivity contribution in [3.05, 3.63) is 72.8 Å². The summed E-state index contributed by atoms with van der Waals surface area (Å²) in [5, 5.41) is 5.35. The maximum absolute atomic E-state index is 2.28. The average molecular weight is 316 g/mol. The highest BCUT2D eigenvalue weighted by Crippen LogP contribution is 2.55. The summed E-state index contributed by atoms with van der Waals surface area (Å²) >= 11 is 0. The van der Waals surface area contributed by atoms with Crippen LogP contribution < -0.4 is 0 Å². The van der Waals surface area contributed by atoms with Gasteiger partial charge in [0.2, 0.25) is 0 Å². The van der Waals surface area contributed by atoms with Gasteiger partial charge in [-0.15, -0.1) is 0 Å². The first kappa shape index (κ1) is 12.6. The number of hydrogen-bond donors (Lipinski definition) is 0. The lowest BCUT2D eigenvalue weighted by Gasteiger charge is -2.21. The molecule has 0 aliphatic carbocycles. The van der Waals surface area contributed by atoms with Crippen LogP contribution in [-0.4, -0.2) is 0 Å². The predicted molar refractivity (Wildman–Crippen MR) is 98.6 cm³/mol. The second-order valence-electron chi connectivity index (χ2n) is 5.49. The minimum absolute atomic E-state index is 1.32. The van der Waals surface area contributed by atoms with Gasteiger partial charge in [-0.25, -0.2) is 0 Å². The van der Waals surface area contributed by atoms with Gasteiger partial charge in [-0.3, -0.25) is 0 Å². The lowest BCUT2D eigenvalue weighted by atomic mass is 9.98. The fourth-order valence-electron chi connectivity index (χ4n) is 3.17. The van der Waals surface area contributed by atoms with Gasteiger partial charge in [0.05, 0.1) is 0 Å². The van der Waals surface area contributed by atoms with Gasteiger partial charge in [0.1, 0.15) is 0 Å². The quantitative estimate of drug-likeness (QED) is 0.328. The van der Waals surface area contributed by atoms with Crippen LogP contribution in [0.25, 0.3) is 32.7 Å². The smallest absolute Gasteiger partial charge is 0.0343 e. The third-order valence-electron chi connectivity index (χ3n) is 4.26. The van der Waals surface area contributed by atoms with Crippen LogP contribution in [0.4, 0.5) is 0 Å². The summed E-state index contributed by atoms with van der Waals surface area (Å²) in [6.45, 7) is 0. The second-order valence-corrected chi connectivity index (χ2v) is 7.64. The number of benzene rings is 4. The Balaban J connectivity index is 1.87. The van der Waals surface area contributed by atoms with Crippen LogP contribution in [0, 0.1) is 0 Å². The largest absolute Gasteiger partial charge is 0.0616 e. The SMILES string of the molecule is c1ccc2c3c(ccc2c1)-c1ccc2ccccc2c1SS3. The van der Waals surface area contributed by atoms with Gasteiger partial charge in [0.25, 0.3) is 0 Å². The Bertz CT molecular complexity index is 949. The average Bonchev–Trinajstić information content (AvgIpc) is 2.60. The first-order chi connectivity index (χ1) is 10.9. The van der Waals surface area contributed by atoms with Gasteiger partial charge < -0.3 is 0 Å². The molecule has 0 unspecified atom stereocenters. The highest BCUT2D eigenvalue weighted by molar-refractivity contribution is 8.77. The zero-order valence-electron chi connectivity index (χ0n) is 11.7. The maximum Gasteiger partial charge on any atom is 0.0343 e. The van der Waals surface area contributed by atoms with Crippen LogP contribution in [0.5, 0.6) is 0 Å². The Kier molecular flexibility index (Phi) is 2.76. The second kappa shape index (κ2) is 4.80. The van der Waals surface area contributed by atoms with E-state index in [0.717, 1.165) is 0 Å². The van der Waals surface area contributed by atoms with Crippen LogP contribution in [-0.2, 0) is 0 Å². The normalized spacial score (nSPS) is 13.1. The highest BCUT2D eigenvalue weighted by Gasteiger charge is 2.21. The highest BCUT2D eigenvalue weighted by atomic mass is 33.1. The molecule has 0 amide bonds. The molecule has 0 fully saturated rings. The first-order valence-corrected chi connectivity index (χ1v) is 9.45. The zero-order chi connectivity index (χ0) is 14.5. The molecule has 1 aliphatic heterocycles. The van der Waals surface area contributed by atoms with Crippen LogP contribution in [0.3, 0.4) is 0 Å². The number of hydrogen-bond acceptors (Lipinski definition) is 2. The molecule has 1 heterocycles. The van der Waals surface area contributed by atoms with Gasteiger partial charge in [0, 0.05) is 9.79 Å². The van der Waals surface area contributed by atoms with E-state index < -0.39 is 0 Å². The van der Waals surface area contributed by atoms with Gasteiger partial charge in [0.15, 0.2) is 0 Å². The lowest BCUT2D eigenvalue weighted by molar-refractivity contribution is 1.45. The van der Waals surface area contributed by atoms with E-state index in [0.29, 0.717) is 0 Å². The number of rotatable bonds is 0. The van der Waals surface area contributed by atoms with E-state index in [1.807, 2.05) is 21.6 Å². The van der Waals surface area contributed by atoms with Crippen LogP contribution in [0.15, 0.2) is 82.6 Å². The lowest BCUT2D eigenvalue weighted by Crippen LogP contribution is -1.92. The molecule has 0 atom stereocenters. The Morgan fingerprint density at radius 1 is 0.455 bits per heavy atom. The van der Waals surface area contributed by atoms with Gasteiger partial charge in [-0.05, 0) is 32.7 Å². The zero-order valence-corrected chi connectivity index (χ0v) is 13.4. The topological polar surface area (TPSA) is 0 Å². The molecule has 5 rings (SSSR count). The van der Waals surface area contributed by atoms with E-state index in [2.05, 4.69) is 72.8 Å². The summed E-state index contributed by atoms with van der Waals surface area (Å²) in [5.41, 5.74) is 2.73. The van der Waals surface area contributed by atoms with Gasteiger partial charge in [-0.1, -0.05) is 94.4 Å². The van der Waals surface area contributed by atoms with E-state index >= 15 is 0 Å². The molecule has 0 bridgehead atoms. The van der Waals surface area contributed by atoms with Crippen molar-refractivity contribution >= 4 is 43.1 Å². The van der Waals surface area contributed by atoms with E-state index in [1.54, 1.807) is 0 Å². The van der Waals surface area contributed by atoms with E-state index in [4.69, 9.17) is 0 Å². The summed E-state index contributed by atoms with van der Waals surface area (Å²) in [5.74, 6) is 0. The van der Waals surface area contributed by atoms with Crippen molar-refractivity contribution in [3.63, 3.8) is 0 Å². The summed E-state index contributed by atoms with van der Waals surface area (Å²) < 4.78 is 0. The molecule has 4 aromatic carbocycles. The summed E-state index contributed by atoms with van der Waals surface area (Å²) in [6, 6.07) is 26.3. The molecule has 0 nitrogen and oxygen atoms in total. The van der Waals surface area contributed by atoms with Gasteiger partial charge in [-0.2, -0.15) is 0 Å². The number of fused-ring (bicyclic) bond motifs is 7. The molecule has 0 spiro atoms. The van der Waals surface area contributed by atoms with Crippen molar-refractivity contribution in [1.29, 1.82) is 0 Å². The van der Waals surface area contributed by atoms with Crippen molar-refractivity contribution in [2.24, 2.45) is 0 Å². The summed E-state index contributed by atoms with van der Waals surface area (Å²) in [4.78, 5) is 2.79. The maximum atomic E-state index is 2.28. The first-order valence-electron chi connectivity index (χ1n) is 7.30. The van der Waals surface area contributed by atoms with E-state index in [1.165, 1.54) is 42.5 Å². The molecule has 22 heavy (non-hydrogen) atoms. The van der Waals surface area contributed by atoms with Crippen molar-refractivity contribution in [3.8, 4) is 11.1 Å². The molecule has 2 heteroatoms. The molecule has 1 aliphatic rings. The van der Waals surface area contributed by atoms with Crippen molar-refractivity contribution < 1.29 is 0 Å². The van der Waals surface area contributed by atoms with Crippen LogP contribution in [0.1, 0.15) is 0 Å². The van der Waals surface area contributed by atoms with Crippen molar-refractivity contribution in [2.75, 3.05) is 0 Å². The van der Waals surface area contributed by atoms with Gasteiger partial charge >= 0.3 is 0 Å². The van der Waals surface area contributed by atoms with Crippen molar-refractivity contribution in [2.45, 2.75) is 9.79 Å². The molecule has 0 saturated carbocycles. The minimum Gasteiger partial charge on any atom is -0.0616 e.